The summed E-state index contributed by atoms with van der Waals surface area (Å²) in [7, 11) is 4.68. The van der Waals surface area contributed by atoms with Gasteiger partial charge >= 0.3 is 0 Å². The molecule has 196 valence electrons. The fourth-order valence-corrected chi connectivity index (χ4v) is 4.08. The van der Waals surface area contributed by atoms with Crippen molar-refractivity contribution in [1.29, 1.82) is 0 Å². The Morgan fingerprint density at radius 3 is 1.22 bits per heavy atom. The molecule has 0 aromatic rings. The molecule has 0 saturated heterocycles. The van der Waals surface area contributed by atoms with Crippen LogP contribution < -0.4 is 12.4 Å². The highest BCUT2D eigenvalue weighted by atomic mass is 35.5. The van der Waals surface area contributed by atoms with Gasteiger partial charge in [0, 0.05) is 6.61 Å². The molecule has 3 nitrogen and oxygen atoms in total. The van der Waals surface area contributed by atoms with E-state index in [1.54, 1.807) is 0 Å². The maximum absolute atomic E-state index is 5.74. The lowest BCUT2D eigenvalue weighted by molar-refractivity contribution is -0.891. The lowest BCUT2D eigenvalue weighted by atomic mass is 10.0. The first-order chi connectivity index (χ1) is 15.1. The number of likely N-dealkylation sites (N-methyl/N-ethyl adjacent to an activating group) is 1. The first kappa shape index (κ1) is 34.3. The minimum absolute atomic E-state index is 0. The highest BCUT2D eigenvalue weighted by Gasteiger charge is 2.13. The molecule has 4 heteroatoms. The number of ether oxygens (including phenoxy) is 2. The molecular formula is C28H60ClNO2. The van der Waals surface area contributed by atoms with Crippen LogP contribution in [0.1, 0.15) is 129 Å². The zero-order valence-electron chi connectivity index (χ0n) is 22.6. The zero-order valence-corrected chi connectivity index (χ0v) is 23.4. The van der Waals surface area contributed by atoms with Gasteiger partial charge in [0.1, 0.15) is 6.54 Å². The summed E-state index contributed by atoms with van der Waals surface area (Å²) in [5.41, 5.74) is 0. The lowest BCUT2D eigenvalue weighted by Crippen LogP contribution is -3.00. The highest BCUT2D eigenvalue weighted by Crippen LogP contribution is 2.14. The predicted molar refractivity (Wildman–Crippen MR) is 138 cm³/mol. The maximum atomic E-state index is 5.74. The van der Waals surface area contributed by atoms with Gasteiger partial charge < -0.3 is 26.4 Å². The van der Waals surface area contributed by atoms with Crippen LogP contribution in [0.5, 0.6) is 0 Å². The Hall–Kier alpha value is 0.170. The van der Waals surface area contributed by atoms with Gasteiger partial charge in [-0.1, -0.05) is 110 Å². The molecule has 0 saturated carbocycles. The van der Waals surface area contributed by atoms with Crippen molar-refractivity contribution in [2.24, 2.45) is 0 Å². The van der Waals surface area contributed by atoms with Crippen molar-refractivity contribution in [3.63, 3.8) is 0 Å². The van der Waals surface area contributed by atoms with Gasteiger partial charge in [-0.2, -0.15) is 0 Å². The number of quaternary nitrogens is 1. The minimum atomic E-state index is 0. The van der Waals surface area contributed by atoms with Crippen molar-refractivity contribution >= 4 is 0 Å². The van der Waals surface area contributed by atoms with Crippen molar-refractivity contribution < 1.29 is 26.4 Å². The SMILES string of the molecule is CCCCCCCCCCCCCCCCCC[N+](C)(C)CCOCCOCCCC.[Cl-]. The average molecular weight is 478 g/mol. The molecule has 32 heavy (non-hydrogen) atoms. The summed E-state index contributed by atoms with van der Waals surface area (Å²) in [6.07, 6.45) is 25.4. The summed E-state index contributed by atoms with van der Waals surface area (Å²) in [5.74, 6) is 0. The number of rotatable bonds is 26. The summed E-state index contributed by atoms with van der Waals surface area (Å²) in [6.45, 7) is 10.1. The highest BCUT2D eigenvalue weighted by molar-refractivity contribution is 4.50. The topological polar surface area (TPSA) is 18.5 Å². The van der Waals surface area contributed by atoms with Gasteiger partial charge in [0.25, 0.3) is 0 Å². The first-order valence-corrected chi connectivity index (χ1v) is 14.1. The molecule has 0 aliphatic heterocycles. The number of hydrogen-bond donors (Lipinski definition) is 0. The Labute approximate surface area is 209 Å². The molecule has 0 aromatic heterocycles. The van der Waals surface area contributed by atoms with Crippen LogP contribution in [-0.4, -0.2) is 58.1 Å². The third-order valence-corrected chi connectivity index (χ3v) is 6.47. The van der Waals surface area contributed by atoms with E-state index in [1.165, 1.54) is 116 Å². The lowest BCUT2D eigenvalue weighted by Gasteiger charge is -2.29. The molecule has 0 amide bonds. The van der Waals surface area contributed by atoms with E-state index in [-0.39, 0.29) is 12.4 Å². The van der Waals surface area contributed by atoms with E-state index in [2.05, 4.69) is 27.9 Å². The number of halogens is 1. The van der Waals surface area contributed by atoms with E-state index >= 15 is 0 Å². The van der Waals surface area contributed by atoms with Crippen LogP contribution >= 0.6 is 0 Å². The summed E-state index contributed by atoms with van der Waals surface area (Å²) >= 11 is 0. The zero-order chi connectivity index (χ0) is 22.9. The van der Waals surface area contributed by atoms with Gasteiger partial charge in [-0.05, 0) is 19.3 Å². The van der Waals surface area contributed by atoms with E-state index in [1.807, 2.05) is 0 Å². The van der Waals surface area contributed by atoms with E-state index in [9.17, 15) is 0 Å². The Morgan fingerprint density at radius 1 is 0.406 bits per heavy atom. The number of nitrogens with zero attached hydrogens (tertiary/aromatic N) is 1. The largest absolute Gasteiger partial charge is 1.00 e. The molecule has 0 atom stereocenters. The molecule has 0 unspecified atom stereocenters. The van der Waals surface area contributed by atoms with Crippen molar-refractivity contribution in [1.82, 2.24) is 0 Å². The molecule has 0 fully saturated rings. The van der Waals surface area contributed by atoms with Crippen LogP contribution in [0.4, 0.5) is 0 Å². The number of unbranched alkanes of at least 4 members (excludes halogenated alkanes) is 16. The predicted octanol–water partition coefficient (Wildman–Crippen LogP) is 5.16. The fraction of sp³-hybridized carbons (Fsp3) is 1.00. The van der Waals surface area contributed by atoms with Crippen LogP contribution in [0, 0.1) is 0 Å². The second-order valence-electron chi connectivity index (χ2n) is 10.3. The van der Waals surface area contributed by atoms with E-state index < -0.39 is 0 Å². The van der Waals surface area contributed by atoms with Crippen molar-refractivity contribution in [2.45, 2.75) is 129 Å². The first-order valence-electron chi connectivity index (χ1n) is 14.1. The van der Waals surface area contributed by atoms with Crippen LogP contribution in [-0.2, 0) is 9.47 Å². The Morgan fingerprint density at radius 2 is 0.781 bits per heavy atom. The quantitative estimate of drug-likeness (QED) is 0.126. The van der Waals surface area contributed by atoms with Crippen LogP contribution in [0.2, 0.25) is 0 Å². The van der Waals surface area contributed by atoms with Gasteiger partial charge in [0.05, 0.1) is 40.5 Å². The van der Waals surface area contributed by atoms with Gasteiger partial charge in [-0.3, -0.25) is 0 Å². The molecule has 0 heterocycles. The van der Waals surface area contributed by atoms with Crippen LogP contribution in [0.3, 0.4) is 0 Å². The summed E-state index contributed by atoms with van der Waals surface area (Å²) in [5, 5.41) is 0. The monoisotopic (exact) mass is 477 g/mol. The normalized spacial score (nSPS) is 11.6. The van der Waals surface area contributed by atoms with Crippen LogP contribution in [0.25, 0.3) is 0 Å². The van der Waals surface area contributed by atoms with Crippen molar-refractivity contribution in [2.75, 3.05) is 53.6 Å². The average Bonchev–Trinajstić information content (AvgIpc) is 2.75. The molecule has 0 bridgehead atoms. The van der Waals surface area contributed by atoms with Crippen LogP contribution in [0.15, 0.2) is 0 Å². The van der Waals surface area contributed by atoms with Crippen molar-refractivity contribution in [3.05, 3.63) is 0 Å². The number of hydrogen-bond acceptors (Lipinski definition) is 2. The Balaban J connectivity index is 0. The van der Waals surface area contributed by atoms with Gasteiger partial charge in [-0.15, -0.1) is 0 Å². The van der Waals surface area contributed by atoms with Gasteiger partial charge in [-0.25, -0.2) is 0 Å². The Kier molecular flexibility index (Phi) is 29.4. The standard InChI is InChI=1S/C28H60NO2.ClH/c1-5-7-9-10-11-12-13-14-15-16-17-18-19-20-21-22-23-29(3,4)24-26-31-28-27-30-25-8-6-2;/h5-28H2,1-4H3;1H/q+1;/p-1. The smallest absolute Gasteiger partial charge is 0.102 e. The molecule has 0 aromatic carbocycles. The minimum Gasteiger partial charge on any atom is -1.00 e. The van der Waals surface area contributed by atoms with Crippen molar-refractivity contribution in [3.8, 4) is 0 Å². The van der Waals surface area contributed by atoms with E-state index in [4.69, 9.17) is 9.47 Å². The molecule has 0 rings (SSSR count). The molecule has 0 radical (unpaired) electrons. The molecule has 0 aliphatic rings. The fourth-order valence-electron chi connectivity index (χ4n) is 4.08. The molecule has 0 aliphatic carbocycles. The molecule has 0 N–H and O–H groups in total. The summed E-state index contributed by atoms with van der Waals surface area (Å²) in [4.78, 5) is 0. The van der Waals surface area contributed by atoms with E-state index in [0.717, 1.165) is 43.9 Å². The third-order valence-electron chi connectivity index (χ3n) is 6.47. The van der Waals surface area contributed by atoms with Gasteiger partial charge in [0.2, 0.25) is 0 Å². The third kappa shape index (κ3) is 28.2. The Bertz CT molecular complexity index is 339. The second-order valence-corrected chi connectivity index (χ2v) is 10.3. The summed E-state index contributed by atoms with van der Waals surface area (Å²) in [6, 6.07) is 0. The van der Waals surface area contributed by atoms with Gasteiger partial charge in [0.15, 0.2) is 0 Å². The molecule has 0 spiro atoms. The summed E-state index contributed by atoms with van der Waals surface area (Å²) < 4.78 is 12.4. The second kappa shape index (κ2) is 27.4. The maximum Gasteiger partial charge on any atom is 0.102 e. The molecular weight excluding hydrogens is 418 g/mol. The van der Waals surface area contributed by atoms with E-state index in [0.29, 0.717) is 0 Å².